The van der Waals surface area contributed by atoms with Crippen LogP contribution in [0.15, 0.2) is 24.3 Å². The zero-order valence-electron chi connectivity index (χ0n) is 53.0. The van der Waals surface area contributed by atoms with Crippen molar-refractivity contribution >= 4 is 17.9 Å². The topological polar surface area (TPSA) is 78.9 Å². The molecule has 0 fully saturated rings. The van der Waals surface area contributed by atoms with E-state index in [4.69, 9.17) is 14.2 Å². The Morgan fingerprint density at radius 3 is 0.705 bits per heavy atom. The Bertz CT molecular complexity index is 1260. The molecule has 0 N–H and O–H groups in total. The number of rotatable bonds is 66. The zero-order valence-corrected chi connectivity index (χ0v) is 53.0. The molecule has 0 aliphatic carbocycles. The molecule has 1 unspecified atom stereocenters. The van der Waals surface area contributed by atoms with Crippen LogP contribution in [-0.2, 0) is 28.6 Å². The Morgan fingerprint density at radius 1 is 0.256 bits per heavy atom. The van der Waals surface area contributed by atoms with E-state index in [2.05, 4.69) is 45.1 Å². The van der Waals surface area contributed by atoms with Crippen LogP contribution in [0.2, 0.25) is 0 Å². The number of unbranched alkanes of at least 4 members (excludes halogenated alkanes) is 51. The van der Waals surface area contributed by atoms with Crippen LogP contribution >= 0.6 is 0 Å². The first kappa shape index (κ1) is 75.9. The van der Waals surface area contributed by atoms with Gasteiger partial charge in [-0.1, -0.05) is 353 Å². The lowest BCUT2D eigenvalue weighted by molar-refractivity contribution is -0.167. The Kier molecular flexibility index (Phi) is 65.6. The molecule has 0 aromatic rings. The molecule has 0 aliphatic rings. The Morgan fingerprint density at radius 2 is 0.462 bits per heavy atom. The minimum Gasteiger partial charge on any atom is -0.462 e. The van der Waals surface area contributed by atoms with Gasteiger partial charge < -0.3 is 14.2 Å². The van der Waals surface area contributed by atoms with Gasteiger partial charge in [-0.05, 0) is 51.4 Å². The Balaban J connectivity index is 4.01. The van der Waals surface area contributed by atoms with Gasteiger partial charge in [0, 0.05) is 19.3 Å². The number of allylic oxidation sites excluding steroid dienone is 4. The summed E-state index contributed by atoms with van der Waals surface area (Å²) in [5.74, 6) is -0.842. The molecule has 0 radical (unpaired) electrons. The van der Waals surface area contributed by atoms with Crippen LogP contribution in [-0.4, -0.2) is 37.2 Å². The number of ether oxygens (including phenoxy) is 3. The van der Waals surface area contributed by atoms with Crippen LogP contribution < -0.4 is 0 Å². The number of carbonyl (C=O) groups excluding carboxylic acids is 3. The van der Waals surface area contributed by atoms with Gasteiger partial charge in [0.05, 0.1) is 0 Å². The molecule has 78 heavy (non-hydrogen) atoms. The van der Waals surface area contributed by atoms with Gasteiger partial charge in [0.25, 0.3) is 0 Å². The number of hydrogen-bond acceptors (Lipinski definition) is 6. The van der Waals surface area contributed by atoms with Gasteiger partial charge in [0.2, 0.25) is 0 Å². The summed E-state index contributed by atoms with van der Waals surface area (Å²) < 4.78 is 16.9. The fourth-order valence-electron chi connectivity index (χ4n) is 10.9. The molecule has 1 atom stereocenters. The van der Waals surface area contributed by atoms with Gasteiger partial charge in [-0.25, -0.2) is 0 Å². The number of esters is 3. The summed E-state index contributed by atoms with van der Waals surface area (Å²) in [4.78, 5) is 38.2. The zero-order chi connectivity index (χ0) is 56.4. The normalized spacial score (nSPS) is 12.1. The fraction of sp³-hybridized carbons (Fsp3) is 0.903. The van der Waals surface area contributed by atoms with Crippen LogP contribution in [0.4, 0.5) is 0 Å². The van der Waals surface area contributed by atoms with Crippen molar-refractivity contribution in [1.82, 2.24) is 0 Å². The van der Waals surface area contributed by atoms with Crippen molar-refractivity contribution in [2.75, 3.05) is 13.2 Å². The molecule has 0 amide bonds. The average molecular weight is 1100 g/mol. The van der Waals surface area contributed by atoms with Crippen molar-refractivity contribution < 1.29 is 28.6 Å². The molecule has 0 saturated carbocycles. The maximum absolute atomic E-state index is 12.9. The minimum atomic E-state index is -0.765. The second-order valence-electron chi connectivity index (χ2n) is 24.2. The molecule has 0 aliphatic heterocycles. The highest BCUT2D eigenvalue weighted by molar-refractivity contribution is 5.71. The second-order valence-corrected chi connectivity index (χ2v) is 24.2. The summed E-state index contributed by atoms with van der Waals surface area (Å²) in [7, 11) is 0. The summed E-state index contributed by atoms with van der Waals surface area (Å²) in [6, 6.07) is 0. The van der Waals surface area contributed by atoms with Gasteiger partial charge in [-0.2, -0.15) is 0 Å². The second kappa shape index (κ2) is 67.4. The van der Waals surface area contributed by atoms with Crippen LogP contribution in [0.5, 0.6) is 0 Å². The lowest BCUT2D eigenvalue weighted by Gasteiger charge is -2.18. The van der Waals surface area contributed by atoms with Gasteiger partial charge in [0.15, 0.2) is 6.10 Å². The summed E-state index contributed by atoms with van der Waals surface area (Å²) in [5.41, 5.74) is 0. The van der Waals surface area contributed by atoms with E-state index < -0.39 is 6.10 Å². The first-order valence-corrected chi connectivity index (χ1v) is 35.3. The largest absolute Gasteiger partial charge is 0.462 e. The van der Waals surface area contributed by atoms with E-state index in [1.807, 2.05) is 0 Å². The molecule has 0 saturated heterocycles. The third kappa shape index (κ3) is 64.7. The van der Waals surface area contributed by atoms with Gasteiger partial charge >= 0.3 is 17.9 Å². The SMILES string of the molecule is CCCCCCC/C=C\C/C=C\CCCCCCCCCCCCCCCCCC(=O)OCC(COC(=O)CCCCCCCCC)OC(=O)CCCCCCCCCCCCCCCCCCCCCCCCCCCC. The molecule has 460 valence electrons. The predicted molar refractivity (Wildman–Crippen MR) is 340 cm³/mol. The fourth-order valence-corrected chi connectivity index (χ4v) is 10.9. The summed E-state index contributed by atoms with van der Waals surface area (Å²) >= 11 is 0. The van der Waals surface area contributed by atoms with E-state index in [9.17, 15) is 14.4 Å². The third-order valence-electron chi connectivity index (χ3n) is 16.2. The van der Waals surface area contributed by atoms with E-state index >= 15 is 0 Å². The highest BCUT2D eigenvalue weighted by Gasteiger charge is 2.19. The molecule has 0 aromatic heterocycles. The van der Waals surface area contributed by atoms with Gasteiger partial charge in [0.1, 0.15) is 13.2 Å². The van der Waals surface area contributed by atoms with Crippen LogP contribution in [0.3, 0.4) is 0 Å². The lowest BCUT2D eigenvalue weighted by Crippen LogP contribution is -2.30. The molecule has 0 bridgehead atoms. The third-order valence-corrected chi connectivity index (χ3v) is 16.2. The Hall–Kier alpha value is -2.11. The van der Waals surface area contributed by atoms with Crippen molar-refractivity contribution in [3.8, 4) is 0 Å². The Labute approximate surface area is 487 Å². The molecular formula is C72H136O6. The molecule has 0 heterocycles. The highest BCUT2D eigenvalue weighted by atomic mass is 16.6. The van der Waals surface area contributed by atoms with E-state index in [-0.39, 0.29) is 31.1 Å². The van der Waals surface area contributed by atoms with Crippen molar-refractivity contribution in [2.24, 2.45) is 0 Å². The van der Waals surface area contributed by atoms with Crippen LogP contribution in [0.25, 0.3) is 0 Å². The van der Waals surface area contributed by atoms with E-state index in [1.54, 1.807) is 0 Å². The smallest absolute Gasteiger partial charge is 0.306 e. The number of carbonyl (C=O) groups is 3. The maximum atomic E-state index is 12.9. The molecule has 6 heteroatoms. The first-order chi connectivity index (χ1) is 38.5. The molecule has 0 rings (SSSR count). The van der Waals surface area contributed by atoms with E-state index in [0.717, 1.165) is 64.2 Å². The number of hydrogen-bond donors (Lipinski definition) is 0. The van der Waals surface area contributed by atoms with Crippen molar-refractivity contribution in [2.45, 2.75) is 406 Å². The van der Waals surface area contributed by atoms with Crippen molar-refractivity contribution in [3.63, 3.8) is 0 Å². The summed E-state index contributed by atoms with van der Waals surface area (Å²) in [6.07, 6.45) is 82.4. The summed E-state index contributed by atoms with van der Waals surface area (Å²) in [5, 5.41) is 0. The standard InChI is InChI=1S/C72H136O6/c1-4-7-10-13-16-18-20-22-24-26-28-30-32-34-36-38-39-41-43-45-47-49-51-53-56-59-62-65-71(74)77-68-69(67-76-70(73)64-61-58-55-15-12-9-6-3)78-72(75)66-63-60-57-54-52-50-48-46-44-42-40-37-35-33-31-29-27-25-23-21-19-17-14-11-8-5-2/h20,22,26,28,69H,4-19,21,23-25,27,29-68H2,1-3H3/b22-20-,28-26-. The highest BCUT2D eigenvalue weighted by Crippen LogP contribution is 2.19. The first-order valence-electron chi connectivity index (χ1n) is 35.3. The van der Waals surface area contributed by atoms with Crippen molar-refractivity contribution in [1.29, 1.82) is 0 Å². The van der Waals surface area contributed by atoms with Crippen LogP contribution in [0, 0.1) is 0 Å². The molecule has 6 nitrogen and oxygen atoms in total. The maximum Gasteiger partial charge on any atom is 0.306 e. The minimum absolute atomic E-state index is 0.0650. The molecular weight excluding hydrogens is 961 g/mol. The average Bonchev–Trinajstić information content (AvgIpc) is 3.44. The quantitative estimate of drug-likeness (QED) is 0.0261. The van der Waals surface area contributed by atoms with Gasteiger partial charge in [-0.3, -0.25) is 14.4 Å². The van der Waals surface area contributed by atoms with Gasteiger partial charge in [-0.15, -0.1) is 0 Å². The molecule has 0 spiro atoms. The van der Waals surface area contributed by atoms with Crippen molar-refractivity contribution in [3.05, 3.63) is 24.3 Å². The van der Waals surface area contributed by atoms with E-state index in [1.165, 1.54) is 295 Å². The summed E-state index contributed by atoms with van der Waals surface area (Å²) in [6.45, 7) is 6.66. The lowest BCUT2D eigenvalue weighted by atomic mass is 10.0. The van der Waals surface area contributed by atoms with E-state index in [0.29, 0.717) is 19.3 Å². The van der Waals surface area contributed by atoms with Crippen LogP contribution in [0.1, 0.15) is 400 Å². The predicted octanol–water partition coefficient (Wildman–Crippen LogP) is 24.2. The molecule has 0 aromatic carbocycles. The monoisotopic (exact) mass is 1100 g/mol.